The Bertz CT molecular complexity index is 1070. The van der Waals surface area contributed by atoms with E-state index < -0.39 is 0 Å². The van der Waals surface area contributed by atoms with E-state index in [1.807, 2.05) is 19.1 Å². The summed E-state index contributed by atoms with van der Waals surface area (Å²) in [4.78, 5) is 5.67. The Morgan fingerprint density at radius 3 is 2.32 bits per heavy atom. The highest BCUT2D eigenvalue weighted by Crippen LogP contribution is 2.37. The highest BCUT2D eigenvalue weighted by molar-refractivity contribution is 7.07. The van der Waals surface area contributed by atoms with E-state index in [1.54, 1.807) is 41.4 Å². The minimum atomic E-state index is 0.307. The zero-order chi connectivity index (χ0) is 20.3. The highest BCUT2D eigenvalue weighted by Gasteiger charge is 2.13. The van der Waals surface area contributed by atoms with Crippen LogP contribution in [0, 0.1) is 12.3 Å². The predicted octanol–water partition coefficient (Wildman–Crippen LogP) is 5.31. The standard InChI is InChI=1S/C19H18Cl2N4O2S/c1-11-8-18(22)25(28-11)19(23-13-6-4-12(20)5-7-13)24-15-9-14(21)16(26-2)10-17(15)27-3/h4-10,22H,1-3H3,(H,23,24). The fourth-order valence-corrected chi connectivity index (χ4v) is 3.60. The maximum atomic E-state index is 8.25. The number of methoxy groups -OCH3 is 2. The molecule has 2 aromatic carbocycles. The second-order valence-electron chi connectivity index (χ2n) is 5.75. The monoisotopic (exact) mass is 436 g/mol. The number of hydrogen-bond acceptors (Lipinski definition) is 5. The number of aliphatic imine (C=N–C) groups is 1. The van der Waals surface area contributed by atoms with Crippen molar-refractivity contribution in [3.8, 4) is 11.5 Å². The first-order chi connectivity index (χ1) is 13.4. The molecule has 0 saturated carbocycles. The number of nitrogens with one attached hydrogen (secondary N) is 2. The first kappa shape index (κ1) is 20.3. The molecule has 0 radical (unpaired) electrons. The van der Waals surface area contributed by atoms with Crippen LogP contribution in [0.5, 0.6) is 11.5 Å². The molecule has 0 aliphatic rings. The van der Waals surface area contributed by atoms with Gasteiger partial charge >= 0.3 is 0 Å². The van der Waals surface area contributed by atoms with Gasteiger partial charge in [0.25, 0.3) is 0 Å². The number of hydrogen-bond donors (Lipinski definition) is 2. The van der Waals surface area contributed by atoms with Gasteiger partial charge in [0.1, 0.15) is 22.7 Å². The minimum Gasteiger partial charge on any atom is -0.495 e. The Labute approximate surface area is 176 Å². The third kappa shape index (κ3) is 4.49. The summed E-state index contributed by atoms with van der Waals surface area (Å²) in [5, 5.41) is 12.5. The molecule has 0 aliphatic carbocycles. The van der Waals surface area contributed by atoms with Crippen LogP contribution in [0.4, 0.5) is 11.4 Å². The van der Waals surface area contributed by atoms with Crippen LogP contribution in [-0.4, -0.2) is 24.1 Å². The SMILES string of the molecule is COc1cc(OC)c(N=C(Nc2ccc(Cl)cc2)n2sc(C)cc2=N)cc1Cl. The van der Waals surface area contributed by atoms with Crippen molar-refractivity contribution in [2.24, 2.45) is 4.99 Å². The molecule has 0 unspecified atom stereocenters. The topological polar surface area (TPSA) is 71.6 Å². The Morgan fingerprint density at radius 2 is 1.75 bits per heavy atom. The van der Waals surface area contributed by atoms with Gasteiger partial charge in [-0.1, -0.05) is 34.7 Å². The van der Waals surface area contributed by atoms with Crippen LogP contribution < -0.4 is 20.3 Å². The highest BCUT2D eigenvalue weighted by atomic mass is 35.5. The lowest BCUT2D eigenvalue weighted by molar-refractivity contribution is 0.395. The normalized spacial score (nSPS) is 11.4. The van der Waals surface area contributed by atoms with Gasteiger partial charge in [0.05, 0.1) is 19.2 Å². The number of aromatic nitrogens is 1. The smallest absolute Gasteiger partial charge is 0.223 e. The number of anilines is 1. The number of halogens is 2. The van der Waals surface area contributed by atoms with Crippen molar-refractivity contribution in [3.63, 3.8) is 0 Å². The van der Waals surface area contributed by atoms with Gasteiger partial charge in [0, 0.05) is 21.7 Å². The Balaban J connectivity index is 2.13. The summed E-state index contributed by atoms with van der Waals surface area (Å²) < 4.78 is 12.4. The van der Waals surface area contributed by atoms with E-state index >= 15 is 0 Å². The lowest BCUT2D eigenvalue weighted by atomic mass is 10.2. The molecule has 6 nitrogen and oxygen atoms in total. The summed E-state index contributed by atoms with van der Waals surface area (Å²) in [5.41, 5.74) is 1.59. The van der Waals surface area contributed by atoms with Crippen LogP contribution in [0.1, 0.15) is 4.88 Å². The Morgan fingerprint density at radius 1 is 1.07 bits per heavy atom. The van der Waals surface area contributed by atoms with Crippen molar-refractivity contribution in [3.05, 3.63) is 62.9 Å². The lowest BCUT2D eigenvalue weighted by Crippen LogP contribution is -2.28. The van der Waals surface area contributed by atoms with Gasteiger partial charge in [-0.05, 0) is 43.3 Å². The number of aryl methyl sites for hydroxylation is 1. The number of benzene rings is 2. The van der Waals surface area contributed by atoms with E-state index in [0.29, 0.717) is 38.7 Å². The van der Waals surface area contributed by atoms with E-state index in [4.69, 9.17) is 38.1 Å². The number of nitrogens with zero attached hydrogens (tertiary/aromatic N) is 2. The molecule has 146 valence electrons. The minimum absolute atomic E-state index is 0.307. The molecular weight excluding hydrogens is 419 g/mol. The van der Waals surface area contributed by atoms with Crippen LogP contribution in [0.3, 0.4) is 0 Å². The average molecular weight is 437 g/mol. The van der Waals surface area contributed by atoms with Crippen molar-refractivity contribution in [2.45, 2.75) is 6.92 Å². The van der Waals surface area contributed by atoms with Crippen LogP contribution >= 0.6 is 34.7 Å². The molecule has 1 aromatic heterocycles. The molecule has 9 heteroatoms. The molecule has 0 amide bonds. The van der Waals surface area contributed by atoms with E-state index in [9.17, 15) is 0 Å². The van der Waals surface area contributed by atoms with Crippen LogP contribution in [0.25, 0.3) is 0 Å². The van der Waals surface area contributed by atoms with E-state index in [0.717, 1.165) is 10.6 Å². The van der Waals surface area contributed by atoms with E-state index in [1.165, 1.54) is 18.6 Å². The molecule has 0 atom stereocenters. The van der Waals surface area contributed by atoms with Crippen LogP contribution in [0.2, 0.25) is 10.0 Å². The second-order valence-corrected chi connectivity index (χ2v) is 7.79. The molecule has 0 saturated heterocycles. The summed E-state index contributed by atoms with van der Waals surface area (Å²) in [6.07, 6.45) is 0. The molecule has 1 heterocycles. The van der Waals surface area contributed by atoms with Gasteiger partial charge in [-0.15, -0.1) is 0 Å². The fourth-order valence-electron chi connectivity index (χ4n) is 2.46. The number of ether oxygens (including phenoxy) is 2. The molecule has 3 rings (SSSR count). The van der Waals surface area contributed by atoms with Gasteiger partial charge in [-0.3, -0.25) is 5.41 Å². The molecule has 0 bridgehead atoms. The van der Waals surface area contributed by atoms with Gasteiger partial charge in [-0.2, -0.15) is 0 Å². The summed E-state index contributed by atoms with van der Waals surface area (Å²) in [5.74, 6) is 1.42. The summed E-state index contributed by atoms with van der Waals surface area (Å²) >= 11 is 13.7. The zero-order valence-corrected chi connectivity index (χ0v) is 17.7. The van der Waals surface area contributed by atoms with Gasteiger partial charge in [-0.25, -0.2) is 8.95 Å². The third-order valence-corrected chi connectivity index (χ3v) is 5.27. The van der Waals surface area contributed by atoms with Gasteiger partial charge in [0.2, 0.25) is 5.96 Å². The molecular formula is C19H18Cl2N4O2S. The van der Waals surface area contributed by atoms with E-state index in [-0.39, 0.29) is 0 Å². The second kappa shape index (κ2) is 8.68. The van der Waals surface area contributed by atoms with Crippen LogP contribution in [-0.2, 0) is 0 Å². The largest absolute Gasteiger partial charge is 0.495 e. The number of rotatable bonds is 4. The van der Waals surface area contributed by atoms with Crippen molar-refractivity contribution in [1.29, 1.82) is 5.41 Å². The van der Waals surface area contributed by atoms with Crippen molar-refractivity contribution >= 4 is 52.1 Å². The third-order valence-electron chi connectivity index (χ3n) is 3.77. The average Bonchev–Trinajstić information content (AvgIpc) is 3.01. The molecule has 3 aromatic rings. The van der Waals surface area contributed by atoms with Gasteiger partial charge < -0.3 is 14.8 Å². The summed E-state index contributed by atoms with van der Waals surface area (Å²) in [6, 6.07) is 12.3. The molecule has 28 heavy (non-hydrogen) atoms. The Kier molecular flexibility index (Phi) is 6.28. The first-order valence-electron chi connectivity index (χ1n) is 8.19. The maximum Gasteiger partial charge on any atom is 0.223 e. The van der Waals surface area contributed by atoms with Crippen LogP contribution in [0.15, 0.2) is 47.5 Å². The zero-order valence-electron chi connectivity index (χ0n) is 15.4. The van der Waals surface area contributed by atoms with Gasteiger partial charge in [0.15, 0.2) is 0 Å². The van der Waals surface area contributed by atoms with E-state index in [2.05, 4.69) is 10.3 Å². The molecule has 2 N–H and O–H groups in total. The summed E-state index contributed by atoms with van der Waals surface area (Å²) in [7, 11) is 3.08. The fraction of sp³-hybridized carbons (Fsp3) is 0.158. The van der Waals surface area contributed by atoms with Crippen molar-refractivity contribution in [2.75, 3.05) is 19.5 Å². The lowest BCUT2D eigenvalue weighted by Gasteiger charge is -2.13. The first-order valence-corrected chi connectivity index (χ1v) is 9.72. The molecule has 0 spiro atoms. The maximum absolute atomic E-state index is 8.25. The molecule has 0 fully saturated rings. The van der Waals surface area contributed by atoms with Crippen molar-refractivity contribution in [1.82, 2.24) is 3.96 Å². The quantitative estimate of drug-likeness (QED) is 0.429. The molecule has 0 aliphatic heterocycles. The van der Waals surface area contributed by atoms with Crippen molar-refractivity contribution < 1.29 is 9.47 Å². The summed E-state index contributed by atoms with van der Waals surface area (Å²) in [6.45, 7) is 1.93. The Hall–Kier alpha value is -2.48. The predicted molar refractivity (Wildman–Crippen MR) is 115 cm³/mol.